The van der Waals surface area contributed by atoms with Crippen LogP contribution in [0.4, 0.5) is 5.69 Å². The highest BCUT2D eigenvalue weighted by Crippen LogP contribution is 2.08. The zero-order valence-electron chi connectivity index (χ0n) is 6.96. The van der Waals surface area contributed by atoms with Crippen LogP contribution in [0.5, 0.6) is 0 Å². The maximum absolute atomic E-state index is 4.04. The van der Waals surface area contributed by atoms with Crippen LogP contribution in [0.1, 0.15) is 6.42 Å². The van der Waals surface area contributed by atoms with Crippen molar-refractivity contribution in [3.8, 4) is 0 Å². The van der Waals surface area contributed by atoms with Gasteiger partial charge in [0.2, 0.25) is 0 Å². The molecule has 0 bridgehead atoms. The average molecular weight is 163 g/mol. The van der Waals surface area contributed by atoms with E-state index < -0.39 is 0 Å². The molecule has 0 radical (unpaired) electrons. The maximum atomic E-state index is 4.04. The summed E-state index contributed by atoms with van der Waals surface area (Å²) in [7, 11) is 0. The van der Waals surface area contributed by atoms with Crippen LogP contribution in [0.3, 0.4) is 0 Å². The molecule has 1 aromatic heterocycles. The molecular weight excluding hydrogens is 150 g/mol. The van der Waals surface area contributed by atoms with Crippen LogP contribution >= 0.6 is 0 Å². The lowest BCUT2D eigenvalue weighted by Crippen LogP contribution is -2.21. The number of nitrogens with zero attached hydrogens (tertiary/aromatic N) is 1. The second-order valence-corrected chi connectivity index (χ2v) is 3.08. The van der Waals surface area contributed by atoms with Gasteiger partial charge in [0.1, 0.15) is 0 Å². The molecule has 2 rings (SSSR count). The van der Waals surface area contributed by atoms with Crippen molar-refractivity contribution in [2.24, 2.45) is 0 Å². The summed E-state index contributed by atoms with van der Waals surface area (Å²) in [5.74, 6) is 0. The van der Waals surface area contributed by atoms with E-state index in [0.29, 0.717) is 6.04 Å². The van der Waals surface area contributed by atoms with Gasteiger partial charge in [0.05, 0.1) is 5.69 Å². The molecule has 1 aliphatic rings. The van der Waals surface area contributed by atoms with E-state index in [1.165, 1.54) is 6.42 Å². The Kier molecular flexibility index (Phi) is 2.23. The topological polar surface area (TPSA) is 37.0 Å². The summed E-state index contributed by atoms with van der Waals surface area (Å²) < 4.78 is 0. The molecule has 0 aliphatic carbocycles. The Hall–Kier alpha value is -1.09. The Balaban J connectivity index is 1.94. The van der Waals surface area contributed by atoms with Crippen LogP contribution < -0.4 is 10.6 Å². The highest BCUT2D eigenvalue weighted by Gasteiger charge is 2.13. The van der Waals surface area contributed by atoms with Gasteiger partial charge in [-0.3, -0.25) is 4.98 Å². The standard InChI is InChI=1S/C9H13N3/c1-2-8(6-10-4-1)12-9-3-5-11-7-9/h1-2,4,6,9,11-12H,3,5,7H2. The molecule has 12 heavy (non-hydrogen) atoms. The fraction of sp³-hybridized carbons (Fsp3) is 0.444. The van der Waals surface area contributed by atoms with Gasteiger partial charge in [-0.05, 0) is 25.1 Å². The lowest BCUT2D eigenvalue weighted by atomic mass is 10.2. The van der Waals surface area contributed by atoms with E-state index in [2.05, 4.69) is 15.6 Å². The highest BCUT2D eigenvalue weighted by molar-refractivity contribution is 5.41. The molecule has 3 nitrogen and oxygen atoms in total. The molecule has 2 N–H and O–H groups in total. The maximum Gasteiger partial charge on any atom is 0.0529 e. The van der Waals surface area contributed by atoms with Gasteiger partial charge >= 0.3 is 0 Å². The summed E-state index contributed by atoms with van der Waals surface area (Å²) in [6.07, 6.45) is 4.85. The number of pyridine rings is 1. The smallest absolute Gasteiger partial charge is 0.0529 e. The van der Waals surface area contributed by atoms with Gasteiger partial charge in [-0.15, -0.1) is 0 Å². The van der Waals surface area contributed by atoms with Crippen molar-refractivity contribution in [2.75, 3.05) is 18.4 Å². The van der Waals surface area contributed by atoms with Crippen LogP contribution in [-0.4, -0.2) is 24.1 Å². The van der Waals surface area contributed by atoms with Gasteiger partial charge in [0, 0.05) is 25.0 Å². The summed E-state index contributed by atoms with van der Waals surface area (Å²) in [4.78, 5) is 4.04. The van der Waals surface area contributed by atoms with Crippen molar-refractivity contribution in [1.82, 2.24) is 10.3 Å². The van der Waals surface area contributed by atoms with Crippen molar-refractivity contribution in [3.05, 3.63) is 24.5 Å². The molecule has 0 aromatic carbocycles. The van der Waals surface area contributed by atoms with Crippen molar-refractivity contribution in [2.45, 2.75) is 12.5 Å². The van der Waals surface area contributed by atoms with Gasteiger partial charge in [-0.2, -0.15) is 0 Å². The minimum atomic E-state index is 0.578. The second-order valence-electron chi connectivity index (χ2n) is 3.08. The van der Waals surface area contributed by atoms with Crippen LogP contribution in [0.25, 0.3) is 0 Å². The van der Waals surface area contributed by atoms with Crippen molar-refractivity contribution in [3.63, 3.8) is 0 Å². The average Bonchev–Trinajstić information content (AvgIpc) is 2.59. The van der Waals surface area contributed by atoms with E-state index in [4.69, 9.17) is 0 Å². The van der Waals surface area contributed by atoms with Crippen LogP contribution in [0, 0.1) is 0 Å². The zero-order valence-corrected chi connectivity index (χ0v) is 6.96. The van der Waals surface area contributed by atoms with Crippen molar-refractivity contribution in [1.29, 1.82) is 0 Å². The normalized spacial score (nSPS) is 22.5. The molecule has 0 amide bonds. The number of anilines is 1. The minimum Gasteiger partial charge on any atom is -0.380 e. The fourth-order valence-electron chi connectivity index (χ4n) is 1.46. The summed E-state index contributed by atoms with van der Waals surface area (Å²) in [6.45, 7) is 2.19. The number of hydrogen-bond acceptors (Lipinski definition) is 3. The number of aromatic nitrogens is 1. The van der Waals surface area contributed by atoms with Gasteiger partial charge in [-0.1, -0.05) is 0 Å². The molecule has 1 aromatic rings. The summed E-state index contributed by atoms with van der Waals surface area (Å²) >= 11 is 0. The molecular formula is C9H13N3. The monoisotopic (exact) mass is 163 g/mol. The zero-order chi connectivity index (χ0) is 8.23. The Morgan fingerprint density at radius 2 is 2.58 bits per heavy atom. The Morgan fingerprint density at radius 1 is 1.58 bits per heavy atom. The lowest BCUT2D eigenvalue weighted by molar-refractivity contribution is 0.792. The molecule has 1 atom stereocenters. The van der Waals surface area contributed by atoms with Gasteiger partial charge in [0.15, 0.2) is 0 Å². The third-order valence-corrected chi connectivity index (χ3v) is 2.09. The first kappa shape index (κ1) is 7.55. The summed E-state index contributed by atoms with van der Waals surface area (Å²) in [5, 5.41) is 6.73. The van der Waals surface area contributed by atoms with Crippen molar-refractivity contribution < 1.29 is 0 Å². The van der Waals surface area contributed by atoms with E-state index >= 15 is 0 Å². The Bertz CT molecular complexity index is 229. The molecule has 2 heterocycles. The number of nitrogens with one attached hydrogen (secondary N) is 2. The summed E-state index contributed by atoms with van der Waals surface area (Å²) in [5.41, 5.74) is 1.12. The Morgan fingerprint density at radius 3 is 3.25 bits per heavy atom. The van der Waals surface area contributed by atoms with E-state index in [9.17, 15) is 0 Å². The molecule has 0 spiro atoms. The third kappa shape index (κ3) is 1.74. The lowest BCUT2D eigenvalue weighted by Gasteiger charge is -2.11. The molecule has 0 saturated carbocycles. The molecule has 64 valence electrons. The quantitative estimate of drug-likeness (QED) is 0.679. The molecule has 3 heteroatoms. The van der Waals surface area contributed by atoms with Crippen molar-refractivity contribution >= 4 is 5.69 Å². The predicted molar refractivity (Wildman–Crippen MR) is 49.1 cm³/mol. The third-order valence-electron chi connectivity index (χ3n) is 2.09. The van der Waals surface area contributed by atoms with Gasteiger partial charge in [0.25, 0.3) is 0 Å². The van der Waals surface area contributed by atoms with E-state index in [0.717, 1.165) is 18.8 Å². The predicted octanol–water partition coefficient (Wildman–Crippen LogP) is 0.855. The van der Waals surface area contributed by atoms with Gasteiger partial charge < -0.3 is 10.6 Å². The molecule has 1 fully saturated rings. The first-order valence-corrected chi connectivity index (χ1v) is 4.32. The first-order valence-electron chi connectivity index (χ1n) is 4.32. The second kappa shape index (κ2) is 3.54. The molecule has 1 unspecified atom stereocenters. The molecule has 1 saturated heterocycles. The fourth-order valence-corrected chi connectivity index (χ4v) is 1.46. The van der Waals surface area contributed by atoms with Crippen LogP contribution in [-0.2, 0) is 0 Å². The summed E-state index contributed by atoms with van der Waals surface area (Å²) in [6, 6.07) is 4.57. The number of rotatable bonds is 2. The van der Waals surface area contributed by atoms with E-state index in [-0.39, 0.29) is 0 Å². The van der Waals surface area contributed by atoms with E-state index in [1.54, 1.807) is 6.20 Å². The SMILES string of the molecule is c1cncc(NC2CCNC2)c1. The number of hydrogen-bond donors (Lipinski definition) is 2. The Labute approximate surface area is 72.2 Å². The van der Waals surface area contributed by atoms with Crippen LogP contribution in [0.2, 0.25) is 0 Å². The molecule has 1 aliphatic heterocycles. The minimum absolute atomic E-state index is 0.578. The van der Waals surface area contributed by atoms with Gasteiger partial charge in [-0.25, -0.2) is 0 Å². The van der Waals surface area contributed by atoms with E-state index in [1.807, 2.05) is 18.3 Å². The largest absolute Gasteiger partial charge is 0.380 e. The first-order chi connectivity index (χ1) is 5.95. The highest BCUT2D eigenvalue weighted by atomic mass is 15.0. The van der Waals surface area contributed by atoms with Crippen LogP contribution in [0.15, 0.2) is 24.5 Å².